The van der Waals surface area contributed by atoms with Crippen molar-refractivity contribution in [2.45, 2.75) is 13.1 Å². The number of nitrogens with zero attached hydrogens (tertiary/aromatic N) is 1. The van der Waals surface area contributed by atoms with Crippen molar-refractivity contribution in [3.05, 3.63) is 47.5 Å². The van der Waals surface area contributed by atoms with E-state index in [4.69, 9.17) is 0 Å². The number of hydrogen-bond acceptors (Lipinski definition) is 3. The Morgan fingerprint density at radius 2 is 1.28 bits per heavy atom. The summed E-state index contributed by atoms with van der Waals surface area (Å²) in [6.07, 6.45) is 0. The summed E-state index contributed by atoms with van der Waals surface area (Å²) < 4.78 is 0. The summed E-state index contributed by atoms with van der Waals surface area (Å²) in [6.45, 7) is 1.58. The summed E-state index contributed by atoms with van der Waals surface area (Å²) in [5.41, 5.74) is 4.49. The highest BCUT2D eigenvalue weighted by Gasteiger charge is 2.17. The summed E-state index contributed by atoms with van der Waals surface area (Å²) in [4.78, 5) is 2.17. The molecule has 0 bridgehead atoms. The third kappa shape index (κ3) is 1.83. The van der Waals surface area contributed by atoms with Gasteiger partial charge < -0.3 is 10.2 Å². The Morgan fingerprint density at radius 3 is 1.72 bits per heavy atom. The van der Waals surface area contributed by atoms with Crippen LogP contribution in [0.2, 0.25) is 0 Å². The Balaban J connectivity index is 2.25. The van der Waals surface area contributed by atoms with Crippen LogP contribution in [-0.2, 0) is 13.1 Å². The van der Waals surface area contributed by atoms with E-state index in [0.29, 0.717) is 11.5 Å². The molecule has 0 radical (unpaired) electrons. The molecule has 1 heterocycles. The number of phenols is 2. The van der Waals surface area contributed by atoms with Crippen molar-refractivity contribution in [3.8, 4) is 22.6 Å². The molecule has 1 aliphatic heterocycles. The summed E-state index contributed by atoms with van der Waals surface area (Å²) >= 11 is 0. The van der Waals surface area contributed by atoms with Crippen molar-refractivity contribution in [1.82, 2.24) is 4.90 Å². The quantitative estimate of drug-likeness (QED) is 0.745. The van der Waals surface area contributed by atoms with Crippen LogP contribution in [0.15, 0.2) is 36.4 Å². The van der Waals surface area contributed by atoms with Gasteiger partial charge in [-0.3, -0.25) is 4.90 Å². The highest BCUT2D eigenvalue weighted by Crippen LogP contribution is 2.35. The van der Waals surface area contributed by atoms with Crippen LogP contribution in [0.25, 0.3) is 11.1 Å². The monoisotopic (exact) mass is 241 g/mol. The Bertz CT molecular complexity index is 554. The minimum Gasteiger partial charge on any atom is -0.508 e. The van der Waals surface area contributed by atoms with E-state index in [-0.39, 0.29) is 0 Å². The number of benzene rings is 2. The third-order valence-corrected chi connectivity index (χ3v) is 3.35. The first-order valence-corrected chi connectivity index (χ1v) is 5.96. The maximum Gasteiger partial charge on any atom is 0.115 e. The first-order chi connectivity index (χ1) is 8.63. The van der Waals surface area contributed by atoms with Crippen molar-refractivity contribution >= 4 is 0 Å². The van der Waals surface area contributed by atoms with Gasteiger partial charge in [0.05, 0.1) is 0 Å². The molecule has 0 aromatic heterocycles. The van der Waals surface area contributed by atoms with Crippen molar-refractivity contribution < 1.29 is 10.2 Å². The van der Waals surface area contributed by atoms with E-state index in [1.54, 1.807) is 12.1 Å². The summed E-state index contributed by atoms with van der Waals surface area (Å²) in [6, 6.07) is 10.9. The Kier molecular flexibility index (Phi) is 2.49. The largest absolute Gasteiger partial charge is 0.508 e. The van der Waals surface area contributed by atoms with E-state index >= 15 is 0 Å². The lowest BCUT2D eigenvalue weighted by molar-refractivity contribution is 0.321. The molecule has 0 fully saturated rings. The molecule has 2 N–H and O–H groups in total. The fourth-order valence-electron chi connectivity index (χ4n) is 2.58. The average molecular weight is 241 g/mol. The van der Waals surface area contributed by atoms with Crippen LogP contribution in [0.1, 0.15) is 11.1 Å². The second-order valence-corrected chi connectivity index (χ2v) is 4.86. The second kappa shape index (κ2) is 4.03. The molecule has 0 saturated heterocycles. The molecule has 0 amide bonds. The smallest absolute Gasteiger partial charge is 0.115 e. The van der Waals surface area contributed by atoms with E-state index in [0.717, 1.165) is 35.3 Å². The fourth-order valence-corrected chi connectivity index (χ4v) is 2.58. The molecule has 0 unspecified atom stereocenters. The molecule has 3 nitrogen and oxygen atoms in total. The van der Waals surface area contributed by atoms with Crippen molar-refractivity contribution in [2.75, 3.05) is 7.05 Å². The molecule has 92 valence electrons. The van der Waals surface area contributed by atoms with Crippen molar-refractivity contribution in [2.24, 2.45) is 0 Å². The Labute approximate surface area is 106 Å². The molecular formula is C15H15NO2. The lowest BCUT2D eigenvalue weighted by Gasteiger charge is -2.14. The number of fused-ring (bicyclic) bond motifs is 3. The van der Waals surface area contributed by atoms with Gasteiger partial charge >= 0.3 is 0 Å². The van der Waals surface area contributed by atoms with Crippen LogP contribution < -0.4 is 0 Å². The molecule has 3 heteroatoms. The van der Waals surface area contributed by atoms with Crippen LogP contribution in [-0.4, -0.2) is 22.2 Å². The van der Waals surface area contributed by atoms with Crippen LogP contribution in [0.3, 0.4) is 0 Å². The zero-order chi connectivity index (χ0) is 12.7. The maximum atomic E-state index is 9.60. The minimum atomic E-state index is 0.296. The Hall–Kier alpha value is -2.00. The first-order valence-electron chi connectivity index (χ1n) is 5.96. The van der Waals surface area contributed by atoms with Gasteiger partial charge in [-0.15, -0.1) is 0 Å². The van der Waals surface area contributed by atoms with Gasteiger partial charge in [-0.05, 0) is 53.6 Å². The Morgan fingerprint density at radius 1 is 0.833 bits per heavy atom. The van der Waals surface area contributed by atoms with Gasteiger partial charge in [0.2, 0.25) is 0 Å². The SMILES string of the molecule is CN1Cc2cc(O)ccc2-c2ccc(O)cc2C1. The first kappa shape index (κ1) is 11.1. The highest BCUT2D eigenvalue weighted by atomic mass is 16.3. The van der Waals surface area contributed by atoms with Gasteiger partial charge in [0, 0.05) is 13.1 Å². The van der Waals surface area contributed by atoms with Gasteiger partial charge in [0.15, 0.2) is 0 Å². The lowest BCUT2D eigenvalue weighted by Crippen LogP contribution is -2.15. The second-order valence-electron chi connectivity index (χ2n) is 4.86. The predicted molar refractivity (Wildman–Crippen MR) is 70.4 cm³/mol. The molecule has 0 atom stereocenters. The zero-order valence-electron chi connectivity index (χ0n) is 10.2. The number of rotatable bonds is 0. The number of phenolic OH excluding ortho intramolecular Hbond substituents is 2. The predicted octanol–water partition coefficient (Wildman–Crippen LogP) is 2.71. The maximum absolute atomic E-state index is 9.60. The van der Waals surface area contributed by atoms with E-state index in [9.17, 15) is 10.2 Å². The fraction of sp³-hybridized carbons (Fsp3) is 0.200. The van der Waals surface area contributed by atoms with Gasteiger partial charge in [0.25, 0.3) is 0 Å². The molecule has 2 aromatic carbocycles. The summed E-state index contributed by atoms with van der Waals surface area (Å²) in [5, 5.41) is 19.2. The van der Waals surface area contributed by atoms with Crippen molar-refractivity contribution in [1.29, 1.82) is 0 Å². The van der Waals surface area contributed by atoms with Crippen LogP contribution in [0, 0.1) is 0 Å². The van der Waals surface area contributed by atoms with Crippen molar-refractivity contribution in [3.63, 3.8) is 0 Å². The van der Waals surface area contributed by atoms with E-state index < -0.39 is 0 Å². The minimum absolute atomic E-state index is 0.296. The molecule has 0 aliphatic carbocycles. The van der Waals surface area contributed by atoms with E-state index in [1.165, 1.54) is 0 Å². The van der Waals surface area contributed by atoms with Gasteiger partial charge in [-0.2, -0.15) is 0 Å². The third-order valence-electron chi connectivity index (χ3n) is 3.35. The lowest BCUT2D eigenvalue weighted by atomic mass is 9.96. The summed E-state index contributed by atoms with van der Waals surface area (Å²) in [5.74, 6) is 0.591. The van der Waals surface area contributed by atoms with Gasteiger partial charge in [-0.1, -0.05) is 12.1 Å². The molecular weight excluding hydrogens is 226 g/mol. The highest BCUT2D eigenvalue weighted by molar-refractivity contribution is 5.73. The zero-order valence-corrected chi connectivity index (χ0v) is 10.2. The van der Waals surface area contributed by atoms with E-state index in [2.05, 4.69) is 4.90 Å². The molecule has 3 rings (SSSR count). The van der Waals surface area contributed by atoms with E-state index in [1.807, 2.05) is 31.3 Å². The van der Waals surface area contributed by atoms with Crippen LogP contribution >= 0.6 is 0 Å². The normalized spacial score (nSPS) is 14.7. The average Bonchev–Trinajstić information content (AvgIpc) is 2.42. The van der Waals surface area contributed by atoms with Crippen LogP contribution in [0.4, 0.5) is 0 Å². The number of aromatic hydroxyl groups is 2. The van der Waals surface area contributed by atoms with Crippen LogP contribution in [0.5, 0.6) is 11.5 Å². The van der Waals surface area contributed by atoms with Gasteiger partial charge in [-0.25, -0.2) is 0 Å². The summed E-state index contributed by atoms with van der Waals surface area (Å²) in [7, 11) is 2.03. The molecule has 2 aromatic rings. The molecule has 18 heavy (non-hydrogen) atoms. The molecule has 0 spiro atoms. The molecule has 1 aliphatic rings. The molecule has 0 saturated carbocycles. The van der Waals surface area contributed by atoms with Gasteiger partial charge in [0.1, 0.15) is 11.5 Å². The standard InChI is InChI=1S/C15H15NO2/c1-16-8-10-6-12(17)2-4-14(10)15-5-3-13(18)7-11(15)9-16/h2-7,17-18H,8-9H2,1H3. The topological polar surface area (TPSA) is 43.7 Å². The number of hydrogen-bond donors (Lipinski definition) is 2.